The number of nitrogens with one attached hydrogen (secondary N) is 1. The molecule has 0 atom stereocenters. The van der Waals surface area contributed by atoms with Gasteiger partial charge in [-0.15, -0.1) is 0 Å². The number of carbonyl (C=O) groups is 1. The third kappa shape index (κ3) is 4.56. The van der Waals surface area contributed by atoms with E-state index in [-0.39, 0.29) is 18.0 Å². The van der Waals surface area contributed by atoms with Crippen LogP contribution in [0.3, 0.4) is 0 Å². The van der Waals surface area contributed by atoms with E-state index in [1.807, 2.05) is 13.0 Å². The molecule has 27 heavy (non-hydrogen) atoms. The van der Waals surface area contributed by atoms with Gasteiger partial charge in [0.05, 0.1) is 10.7 Å². The van der Waals surface area contributed by atoms with Crippen LogP contribution in [0.1, 0.15) is 11.3 Å². The van der Waals surface area contributed by atoms with Crippen molar-refractivity contribution >= 4 is 34.8 Å². The Morgan fingerprint density at radius 3 is 2.59 bits per heavy atom. The first kappa shape index (κ1) is 19.1. The maximum absolute atomic E-state index is 12.5. The maximum Gasteiger partial charge on any atom is 0.254 e. The summed E-state index contributed by atoms with van der Waals surface area (Å²) in [7, 11) is 0. The van der Waals surface area contributed by atoms with Crippen molar-refractivity contribution in [3.63, 3.8) is 0 Å². The summed E-state index contributed by atoms with van der Waals surface area (Å²) in [6.45, 7) is 3.44. The standard InChI is InChI=1S/C20H17Cl2N3O2/c1-12-6-7-17(16(22)8-12)24-18(26)11-25-19(27)9-13(2)23-20(25)14-4-3-5-15(21)10-14/h3-10H,11H2,1-2H3,(H,24,26). The van der Waals surface area contributed by atoms with Crippen LogP contribution < -0.4 is 10.9 Å². The molecule has 1 amide bonds. The Morgan fingerprint density at radius 1 is 1.11 bits per heavy atom. The minimum atomic E-state index is -0.378. The van der Waals surface area contributed by atoms with Crippen molar-refractivity contribution < 1.29 is 4.79 Å². The Kier molecular flexibility index (Phi) is 5.63. The summed E-state index contributed by atoms with van der Waals surface area (Å²) in [6.07, 6.45) is 0. The number of aryl methyl sites for hydroxylation is 2. The van der Waals surface area contributed by atoms with Crippen LogP contribution in [0, 0.1) is 13.8 Å². The highest BCUT2D eigenvalue weighted by Crippen LogP contribution is 2.23. The second-order valence-electron chi connectivity index (χ2n) is 6.19. The van der Waals surface area contributed by atoms with Gasteiger partial charge in [0, 0.05) is 22.3 Å². The highest BCUT2D eigenvalue weighted by molar-refractivity contribution is 6.33. The van der Waals surface area contributed by atoms with Crippen LogP contribution in [0.25, 0.3) is 11.4 Å². The predicted octanol–water partition coefficient (Wildman–Crippen LogP) is 4.47. The van der Waals surface area contributed by atoms with E-state index < -0.39 is 0 Å². The molecule has 0 fully saturated rings. The van der Waals surface area contributed by atoms with Crippen molar-refractivity contribution in [2.45, 2.75) is 20.4 Å². The molecule has 0 aliphatic rings. The molecule has 1 N–H and O–H groups in total. The molecule has 0 radical (unpaired) electrons. The van der Waals surface area contributed by atoms with Crippen molar-refractivity contribution in [2.75, 3.05) is 5.32 Å². The monoisotopic (exact) mass is 401 g/mol. The van der Waals surface area contributed by atoms with Gasteiger partial charge in [-0.25, -0.2) is 4.98 Å². The van der Waals surface area contributed by atoms with E-state index in [0.29, 0.717) is 32.8 Å². The Balaban J connectivity index is 1.94. The molecular formula is C20H17Cl2N3O2. The fraction of sp³-hybridized carbons (Fsp3) is 0.150. The third-order valence-electron chi connectivity index (χ3n) is 3.92. The van der Waals surface area contributed by atoms with Gasteiger partial charge in [0.25, 0.3) is 5.56 Å². The second-order valence-corrected chi connectivity index (χ2v) is 7.03. The number of nitrogens with zero attached hydrogens (tertiary/aromatic N) is 2. The molecule has 3 rings (SSSR count). The summed E-state index contributed by atoms with van der Waals surface area (Å²) in [5, 5.41) is 3.69. The molecule has 1 aromatic heterocycles. The summed E-state index contributed by atoms with van der Waals surface area (Å²) in [5.41, 5.74) is 2.38. The first-order chi connectivity index (χ1) is 12.8. The third-order valence-corrected chi connectivity index (χ3v) is 4.47. The topological polar surface area (TPSA) is 64.0 Å². The van der Waals surface area contributed by atoms with Crippen molar-refractivity contribution in [2.24, 2.45) is 0 Å². The zero-order chi connectivity index (χ0) is 19.6. The van der Waals surface area contributed by atoms with Crippen molar-refractivity contribution in [3.05, 3.63) is 80.2 Å². The van der Waals surface area contributed by atoms with Crippen molar-refractivity contribution in [1.29, 1.82) is 0 Å². The predicted molar refractivity (Wildman–Crippen MR) is 108 cm³/mol. The van der Waals surface area contributed by atoms with E-state index in [9.17, 15) is 9.59 Å². The van der Waals surface area contributed by atoms with Gasteiger partial charge >= 0.3 is 0 Å². The zero-order valence-corrected chi connectivity index (χ0v) is 16.3. The van der Waals surface area contributed by atoms with E-state index in [1.165, 1.54) is 10.6 Å². The van der Waals surface area contributed by atoms with E-state index in [0.717, 1.165) is 5.56 Å². The summed E-state index contributed by atoms with van der Waals surface area (Å²) in [4.78, 5) is 29.5. The zero-order valence-electron chi connectivity index (χ0n) is 14.8. The Morgan fingerprint density at radius 2 is 1.89 bits per heavy atom. The lowest BCUT2D eigenvalue weighted by Gasteiger charge is -2.14. The van der Waals surface area contributed by atoms with Gasteiger partial charge in [0.15, 0.2) is 0 Å². The molecule has 0 spiro atoms. The fourth-order valence-corrected chi connectivity index (χ4v) is 3.15. The number of hydrogen-bond donors (Lipinski definition) is 1. The van der Waals surface area contributed by atoms with Crippen LogP contribution >= 0.6 is 23.2 Å². The van der Waals surface area contributed by atoms with Gasteiger partial charge in [-0.1, -0.05) is 41.4 Å². The Hall–Kier alpha value is -2.63. The smallest absolute Gasteiger partial charge is 0.254 e. The molecule has 0 unspecified atom stereocenters. The lowest BCUT2D eigenvalue weighted by Crippen LogP contribution is -2.29. The number of halogens is 2. The van der Waals surface area contributed by atoms with Gasteiger partial charge < -0.3 is 5.32 Å². The van der Waals surface area contributed by atoms with Crippen LogP contribution in [0.5, 0.6) is 0 Å². The molecule has 0 aliphatic carbocycles. The van der Waals surface area contributed by atoms with Crippen LogP contribution in [0.15, 0.2) is 53.3 Å². The largest absolute Gasteiger partial charge is 0.323 e. The number of carbonyl (C=O) groups excluding carboxylic acids is 1. The molecule has 138 valence electrons. The van der Waals surface area contributed by atoms with Crippen molar-refractivity contribution in [3.8, 4) is 11.4 Å². The molecule has 0 aliphatic heterocycles. The first-order valence-corrected chi connectivity index (χ1v) is 8.99. The van der Waals surface area contributed by atoms with Crippen LogP contribution in [0.4, 0.5) is 5.69 Å². The van der Waals surface area contributed by atoms with Gasteiger partial charge in [-0.05, 0) is 43.7 Å². The number of hydrogen-bond acceptors (Lipinski definition) is 3. The maximum atomic E-state index is 12.5. The van der Waals surface area contributed by atoms with Gasteiger partial charge in [-0.2, -0.15) is 0 Å². The molecular weight excluding hydrogens is 385 g/mol. The average molecular weight is 402 g/mol. The summed E-state index contributed by atoms with van der Waals surface area (Å²) in [5.74, 6) is 0.00411. The summed E-state index contributed by atoms with van der Waals surface area (Å²) in [6, 6.07) is 13.7. The van der Waals surface area contributed by atoms with Crippen molar-refractivity contribution in [1.82, 2.24) is 9.55 Å². The Labute approximate surface area is 166 Å². The molecule has 0 saturated carbocycles. The van der Waals surface area contributed by atoms with Gasteiger partial charge in [0.1, 0.15) is 12.4 Å². The average Bonchev–Trinajstić information content (AvgIpc) is 2.59. The number of amides is 1. The van der Waals surface area contributed by atoms with Crippen LogP contribution in [-0.2, 0) is 11.3 Å². The highest BCUT2D eigenvalue weighted by atomic mass is 35.5. The van der Waals surface area contributed by atoms with E-state index in [2.05, 4.69) is 10.3 Å². The second kappa shape index (κ2) is 7.94. The van der Waals surface area contributed by atoms with Gasteiger partial charge in [0.2, 0.25) is 5.91 Å². The number of anilines is 1. The molecule has 5 nitrogen and oxygen atoms in total. The molecule has 0 saturated heterocycles. The van der Waals surface area contributed by atoms with E-state index >= 15 is 0 Å². The summed E-state index contributed by atoms with van der Waals surface area (Å²) >= 11 is 12.2. The first-order valence-electron chi connectivity index (χ1n) is 8.24. The number of rotatable bonds is 4. The Bertz CT molecular complexity index is 1080. The quantitative estimate of drug-likeness (QED) is 0.700. The number of benzene rings is 2. The minimum Gasteiger partial charge on any atom is -0.323 e. The molecule has 3 aromatic rings. The van der Waals surface area contributed by atoms with Crippen LogP contribution in [0.2, 0.25) is 10.0 Å². The van der Waals surface area contributed by atoms with E-state index in [1.54, 1.807) is 43.3 Å². The molecule has 7 heteroatoms. The number of aromatic nitrogens is 2. The molecule has 0 bridgehead atoms. The summed E-state index contributed by atoms with van der Waals surface area (Å²) < 4.78 is 1.32. The molecule has 2 aromatic carbocycles. The molecule has 1 heterocycles. The SMILES string of the molecule is Cc1ccc(NC(=O)Cn2c(-c3cccc(Cl)c3)nc(C)cc2=O)c(Cl)c1. The van der Waals surface area contributed by atoms with E-state index in [4.69, 9.17) is 23.2 Å². The van der Waals surface area contributed by atoms with Crippen LogP contribution in [-0.4, -0.2) is 15.5 Å². The normalized spacial score (nSPS) is 10.7. The minimum absolute atomic E-state index is 0.196. The fourth-order valence-electron chi connectivity index (χ4n) is 2.68. The van der Waals surface area contributed by atoms with Gasteiger partial charge in [-0.3, -0.25) is 14.2 Å². The lowest BCUT2D eigenvalue weighted by atomic mass is 10.2. The highest BCUT2D eigenvalue weighted by Gasteiger charge is 2.14. The lowest BCUT2D eigenvalue weighted by molar-refractivity contribution is -0.116.